The van der Waals surface area contributed by atoms with E-state index in [1.807, 2.05) is 0 Å². The summed E-state index contributed by atoms with van der Waals surface area (Å²) in [7, 11) is 1.34. The van der Waals surface area contributed by atoms with Gasteiger partial charge in [0.1, 0.15) is 0 Å². The summed E-state index contributed by atoms with van der Waals surface area (Å²) in [5.74, 6) is -0.653. The van der Waals surface area contributed by atoms with E-state index in [1.54, 1.807) is 6.92 Å². The van der Waals surface area contributed by atoms with E-state index < -0.39 is 15.0 Å². The molecule has 1 heterocycles. The van der Waals surface area contributed by atoms with Crippen LogP contribution < -0.4 is 5.73 Å². The fourth-order valence-electron chi connectivity index (χ4n) is 0.829. The highest BCUT2D eigenvalue weighted by Gasteiger charge is 2.18. The standard InChI is InChI=1S/C6H6ClNO3S2/c1-3-5(13(7,10)11)2-4(12-3)6(8)9/h2H,1H3,(H2,8,9). The fourth-order valence-corrected chi connectivity index (χ4v) is 3.34. The van der Waals surface area contributed by atoms with Gasteiger partial charge < -0.3 is 5.73 Å². The van der Waals surface area contributed by atoms with Crippen LogP contribution in [-0.4, -0.2) is 14.3 Å². The normalized spacial score (nSPS) is 11.5. The summed E-state index contributed by atoms with van der Waals surface area (Å²) in [6, 6.07) is 1.19. The predicted octanol–water partition coefficient (Wildman–Crippen LogP) is 1.08. The van der Waals surface area contributed by atoms with Crippen LogP contribution in [0.2, 0.25) is 0 Å². The van der Waals surface area contributed by atoms with Crippen molar-refractivity contribution < 1.29 is 13.2 Å². The van der Waals surface area contributed by atoms with Crippen LogP contribution in [0.1, 0.15) is 14.5 Å². The number of amides is 1. The van der Waals surface area contributed by atoms with Gasteiger partial charge in [0.05, 0.1) is 9.77 Å². The summed E-state index contributed by atoms with van der Waals surface area (Å²) in [4.78, 5) is 11.3. The average molecular weight is 240 g/mol. The molecule has 0 unspecified atom stereocenters. The molecule has 0 saturated heterocycles. The molecule has 2 N–H and O–H groups in total. The van der Waals surface area contributed by atoms with Crippen LogP contribution in [0.3, 0.4) is 0 Å². The zero-order chi connectivity index (χ0) is 10.2. The van der Waals surface area contributed by atoms with Crippen molar-refractivity contribution in [3.8, 4) is 0 Å². The Balaban J connectivity index is 3.35. The van der Waals surface area contributed by atoms with Gasteiger partial charge in [-0.25, -0.2) is 8.42 Å². The molecule has 0 saturated carbocycles. The zero-order valence-electron chi connectivity index (χ0n) is 6.57. The van der Waals surface area contributed by atoms with Gasteiger partial charge in [0.25, 0.3) is 15.0 Å². The lowest BCUT2D eigenvalue weighted by Gasteiger charge is -1.89. The molecule has 1 rings (SSSR count). The molecule has 0 aliphatic carbocycles. The molecule has 0 atom stereocenters. The van der Waals surface area contributed by atoms with Crippen LogP contribution in [0.5, 0.6) is 0 Å². The van der Waals surface area contributed by atoms with Crippen molar-refractivity contribution in [1.82, 2.24) is 0 Å². The van der Waals surface area contributed by atoms with E-state index in [4.69, 9.17) is 16.4 Å². The van der Waals surface area contributed by atoms with Crippen LogP contribution in [-0.2, 0) is 9.05 Å². The summed E-state index contributed by atoms with van der Waals surface area (Å²) < 4.78 is 21.8. The molecular weight excluding hydrogens is 234 g/mol. The van der Waals surface area contributed by atoms with Gasteiger partial charge in [0, 0.05) is 15.6 Å². The van der Waals surface area contributed by atoms with E-state index in [2.05, 4.69) is 0 Å². The average Bonchev–Trinajstić information content (AvgIpc) is 2.29. The van der Waals surface area contributed by atoms with Crippen molar-refractivity contribution in [3.05, 3.63) is 15.8 Å². The Morgan fingerprint density at radius 1 is 1.62 bits per heavy atom. The first-order valence-corrected chi connectivity index (χ1v) is 6.30. The Bertz CT molecular complexity index is 448. The quantitative estimate of drug-likeness (QED) is 0.785. The van der Waals surface area contributed by atoms with Gasteiger partial charge in [-0.05, 0) is 13.0 Å². The SMILES string of the molecule is Cc1sc(C(N)=O)cc1S(=O)(=O)Cl. The Labute approximate surface area is 83.7 Å². The molecule has 0 fully saturated rings. The maximum Gasteiger partial charge on any atom is 0.262 e. The second-order valence-electron chi connectivity index (χ2n) is 2.33. The number of nitrogens with two attached hydrogens (primary N) is 1. The molecule has 0 aliphatic heterocycles. The van der Waals surface area contributed by atoms with Gasteiger partial charge in [-0.2, -0.15) is 0 Å². The summed E-state index contributed by atoms with van der Waals surface area (Å²) in [5.41, 5.74) is 4.97. The molecule has 1 aromatic heterocycles. The second kappa shape index (κ2) is 3.28. The van der Waals surface area contributed by atoms with Crippen LogP contribution in [0, 0.1) is 6.92 Å². The molecule has 0 aromatic carbocycles. The number of thiophene rings is 1. The third-order valence-corrected chi connectivity index (χ3v) is 4.02. The lowest BCUT2D eigenvalue weighted by atomic mass is 10.4. The van der Waals surface area contributed by atoms with E-state index in [9.17, 15) is 13.2 Å². The van der Waals surface area contributed by atoms with Crippen LogP contribution in [0.25, 0.3) is 0 Å². The number of carbonyl (C=O) groups is 1. The molecule has 1 amide bonds. The molecule has 1 aromatic rings. The van der Waals surface area contributed by atoms with Crippen molar-refractivity contribution in [2.24, 2.45) is 5.73 Å². The smallest absolute Gasteiger partial charge is 0.262 e. The fraction of sp³-hybridized carbons (Fsp3) is 0.167. The number of halogens is 1. The van der Waals surface area contributed by atoms with Crippen molar-refractivity contribution in [1.29, 1.82) is 0 Å². The summed E-state index contributed by atoms with van der Waals surface area (Å²) >= 11 is 1.01. The molecule has 0 spiro atoms. The number of carbonyl (C=O) groups excluding carboxylic acids is 1. The van der Waals surface area contributed by atoms with Gasteiger partial charge in [-0.3, -0.25) is 4.79 Å². The summed E-state index contributed by atoms with van der Waals surface area (Å²) in [6.45, 7) is 1.56. The molecule has 13 heavy (non-hydrogen) atoms. The molecule has 4 nitrogen and oxygen atoms in total. The summed E-state index contributed by atoms with van der Waals surface area (Å²) in [6.07, 6.45) is 0. The van der Waals surface area contributed by atoms with E-state index in [1.165, 1.54) is 6.07 Å². The molecule has 0 radical (unpaired) electrons. The highest BCUT2D eigenvalue weighted by atomic mass is 35.7. The number of rotatable bonds is 2. The van der Waals surface area contributed by atoms with Gasteiger partial charge in [-0.15, -0.1) is 11.3 Å². The van der Waals surface area contributed by atoms with Gasteiger partial charge >= 0.3 is 0 Å². The second-order valence-corrected chi connectivity index (χ2v) is 6.12. The molecule has 0 aliphatic rings. The van der Waals surface area contributed by atoms with Crippen molar-refractivity contribution in [3.63, 3.8) is 0 Å². The first kappa shape index (κ1) is 10.5. The van der Waals surface area contributed by atoms with E-state index in [0.29, 0.717) is 4.88 Å². The molecular formula is C6H6ClNO3S2. The maximum absolute atomic E-state index is 10.9. The van der Waals surface area contributed by atoms with Crippen LogP contribution in [0.4, 0.5) is 0 Å². The first-order valence-electron chi connectivity index (χ1n) is 3.17. The van der Waals surface area contributed by atoms with Crippen LogP contribution in [0.15, 0.2) is 11.0 Å². The van der Waals surface area contributed by atoms with Gasteiger partial charge in [-0.1, -0.05) is 0 Å². The van der Waals surface area contributed by atoms with Gasteiger partial charge in [0.2, 0.25) is 0 Å². The van der Waals surface area contributed by atoms with Crippen molar-refractivity contribution in [2.75, 3.05) is 0 Å². The number of primary amides is 1. The number of aryl methyl sites for hydroxylation is 1. The zero-order valence-corrected chi connectivity index (χ0v) is 8.96. The Hall–Kier alpha value is -0.590. The Morgan fingerprint density at radius 3 is 2.38 bits per heavy atom. The minimum Gasteiger partial charge on any atom is -0.365 e. The maximum atomic E-state index is 10.9. The highest BCUT2D eigenvalue weighted by molar-refractivity contribution is 8.13. The van der Waals surface area contributed by atoms with Gasteiger partial charge in [0.15, 0.2) is 0 Å². The van der Waals surface area contributed by atoms with E-state index in [-0.39, 0.29) is 9.77 Å². The molecule has 0 bridgehead atoms. The largest absolute Gasteiger partial charge is 0.365 e. The topological polar surface area (TPSA) is 77.2 Å². The Morgan fingerprint density at radius 2 is 2.15 bits per heavy atom. The number of hydrogen-bond acceptors (Lipinski definition) is 4. The molecule has 7 heteroatoms. The highest BCUT2D eigenvalue weighted by Crippen LogP contribution is 2.27. The first-order chi connectivity index (χ1) is 5.82. The lowest BCUT2D eigenvalue weighted by Crippen LogP contribution is -2.08. The minimum atomic E-state index is -3.77. The minimum absolute atomic E-state index is 0.0482. The summed E-state index contributed by atoms with van der Waals surface area (Å²) in [5, 5.41) is 0. The predicted molar refractivity (Wildman–Crippen MR) is 50.6 cm³/mol. The number of hydrogen-bond donors (Lipinski definition) is 1. The molecule has 72 valence electrons. The van der Waals surface area contributed by atoms with Crippen LogP contribution >= 0.6 is 22.0 Å². The lowest BCUT2D eigenvalue weighted by molar-refractivity contribution is 0.100. The van der Waals surface area contributed by atoms with E-state index in [0.717, 1.165) is 11.3 Å². The third-order valence-electron chi connectivity index (χ3n) is 1.38. The van der Waals surface area contributed by atoms with Crippen molar-refractivity contribution >= 4 is 37.0 Å². The van der Waals surface area contributed by atoms with Crippen molar-refractivity contribution in [2.45, 2.75) is 11.8 Å². The monoisotopic (exact) mass is 239 g/mol. The Kier molecular flexibility index (Phi) is 2.65. The third kappa shape index (κ3) is 2.20. The van der Waals surface area contributed by atoms with E-state index >= 15 is 0 Å².